The average molecular weight is 495 g/mol. The number of aliphatic hydroxyl groups excluding tert-OH is 4. The second-order valence-electron chi connectivity index (χ2n) is 8.85. The largest absolute Gasteiger partial charge is 0.390 e. The number of rotatable bonds is 9. The second-order valence-corrected chi connectivity index (χ2v) is 8.85. The molecule has 1 aromatic heterocycles. The Morgan fingerprint density at radius 3 is 2.39 bits per heavy atom. The molecule has 3 aromatic rings. The van der Waals surface area contributed by atoms with Crippen molar-refractivity contribution in [3.05, 3.63) is 54.1 Å². The molecule has 10 heteroatoms. The molecule has 2 aromatic carbocycles. The van der Waals surface area contributed by atoms with Gasteiger partial charge in [-0.25, -0.2) is 4.68 Å². The number of hydrogen-bond donors (Lipinski definition) is 4. The highest BCUT2D eigenvalue weighted by molar-refractivity contribution is 6.00. The van der Waals surface area contributed by atoms with Crippen molar-refractivity contribution in [1.29, 1.82) is 0 Å². The topological polar surface area (TPSA) is 149 Å². The predicted molar refractivity (Wildman–Crippen MR) is 132 cm³/mol. The van der Waals surface area contributed by atoms with Crippen molar-refractivity contribution in [1.82, 2.24) is 15.0 Å². The maximum absolute atomic E-state index is 13.1. The van der Waals surface area contributed by atoms with Gasteiger partial charge in [0.25, 0.3) is 0 Å². The lowest BCUT2D eigenvalue weighted by Crippen LogP contribution is -2.45. The van der Waals surface area contributed by atoms with E-state index >= 15 is 0 Å². The molecule has 0 saturated carbocycles. The van der Waals surface area contributed by atoms with Crippen LogP contribution in [-0.4, -0.2) is 72.0 Å². The van der Waals surface area contributed by atoms with Crippen LogP contribution in [0.1, 0.15) is 31.7 Å². The Morgan fingerprint density at radius 2 is 1.67 bits per heavy atom. The van der Waals surface area contributed by atoms with E-state index in [0.717, 1.165) is 17.4 Å². The molecule has 4 N–H and O–H groups in total. The lowest BCUT2D eigenvalue weighted by Gasteiger charge is -2.29. The number of para-hydroxylation sites is 1. The smallest absolute Gasteiger partial charge is 0.227 e. The number of aldehydes is 1. The predicted octanol–water partition coefficient (Wildman–Crippen LogP) is 1.29. The third-order valence-corrected chi connectivity index (χ3v) is 6.48. The van der Waals surface area contributed by atoms with Gasteiger partial charge in [-0.05, 0) is 18.1 Å². The van der Waals surface area contributed by atoms with Crippen LogP contribution in [0.5, 0.6) is 0 Å². The van der Waals surface area contributed by atoms with E-state index in [0.29, 0.717) is 22.6 Å². The number of fused-ring (bicyclic) bond motifs is 5. The van der Waals surface area contributed by atoms with Crippen molar-refractivity contribution in [2.24, 2.45) is 0 Å². The van der Waals surface area contributed by atoms with Gasteiger partial charge in [0.2, 0.25) is 5.91 Å². The van der Waals surface area contributed by atoms with Crippen molar-refractivity contribution < 1.29 is 30.0 Å². The first-order chi connectivity index (χ1) is 17.4. The van der Waals surface area contributed by atoms with Crippen LogP contribution in [0.4, 0.5) is 5.69 Å². The van der Waals surface area contributed by atoms with Crippen molar-refractivity contribution in [3.63, 3.8) is 0 Å². The first-order valence-electron chi connectivity index (χ1n) is 11.9. The van der Waals surface area contributed by atoms with Crippen molar-refractivity contribution in [2.75, 3.05) is 4.90 Å². The molecule has 4 unspecified atom stereocenters. The SMILES string of the molecule is CCC(O)C(O)C(O)C(O)Cn1nnc2c1-c1ccccc1CN(C(=O)CCC=O)c1ccccc1-2. The third-order valence-electron chi connectivity index (χ3n) is 6.48. The molecule has 1 aliphatic heterocycles. The first kappa shape index (κ1) is 25.6. The molecule has 1 aliphatic rings. The van der Waals surface area contributed by atoms with Gasteiger partial charge in [-0.1, -0.05) is 54.6 Å². The summed E-state index contributed by atoms with van der Waals surface area (Å²) in [6.45, 7) is 1.73. The van der Waals surface area contributed by atoms with E-state index in [1.165, 1.54) is 4.68 Å². The van der Waals surface area contributed by atoms with Gasteiger partial charge in [-0.3, -0.25) is 4.79 Å². The summed E-state index contributed by atoms with van der Waals surface area (Å²) in [7, 11) is 0. The number of nitrogens with zero attached hydrogens (tertiary/aromatic N) is 4. The minimum Gasteiger partial charge on any atom is -0.390 e. The Hall–Kier alpha value is -3.44. The molecule has 0 spiro atoms. The number of aliphatic hydroxyl groups is 4. The highest BCUT2D eigenvalue weighted by Crippen LogP contribution is 2.41. The van der Waals surface area contributed by atoms with Gasteiger partial charge >= 0.3 is 0 Å². The zero-order valence-corrected chi connectivity index (χ0v) is 19.9. The van der Waals surface area contributed by atoms with E-state index in [1.54, 1.807) is 11.8 Å². The molecular weight excluding hydrogens is 464 g/mol. The van der Waals surface area contributed by atoms with E-state index in [1.807, 2.05) is 48.5 Å². The van der Waals surface area contributed by atoms with Crippen LogP contribution in [0.2, 0.25) is 0 Å². The van der Waals surface area contributed by atoms with Crippen LogP contribution < -0.4 is 4.90 Å². The summed E-state index contributed by atoms with van der Waals surface area (Å²) in [5.41, 5.74) is 3.92. The molecule has 4 atom stereocenters. The Kier molecular flexibility index (Phi) is 7.90. The van der Waals surface area contributed by atoms with E-state index in [2.05, 4.69) is 10.3 Å². The second kappa shape index (κ2) is 11.1. The summed E-state index contributed by atoms with van der Waals surface area (Å²) >= 11 is 0. The number of amides is 1. The minimum atomic E-state index is -1.60. The van der Waals surface area contributed by atoms with Crippen molar-refractivity contribution in [3.8, 4) is 22.5 Å². The Bertz CT molecular complexity index is 1230. The molecule has 10 nitrogen and oxygen atoms in total. The molecular formula is C26H30N4O6. The average Bonchev–Trinajstić information content (AvgIpc) is 3.30. The Labute approximate surface area is 208 Å². The maximum atomic E-state index is 13.1. The van der Waals surface area contributed by atoms with Gasteiger partial charge < -0.3 is 30.1 Å². The van der Waals surface area contributed by atoms with Crippen molar-refractivity contribution in [2.45, 2.75) is 63.7 Å². The number of hydrogen-bond acceptors (Lipinski definition) is 8. The van der Waals surface area contributed by atoms with Crippen LogP contribution in [0.25, 0.3) is 22.5 Å². The monoisotopic (exact) mass is 494 g/mol. The molecule has 4 rings (SSSR count). The highest BCUT2D eigenvalue weighted by atomic mass is 16.4. The number of carbonyl (C=O) groups is 2. The summed E-state index contributed by atoms with van der Waals surface area (Å²) in [5.74, 6) is -0.192. The Morgan fingerprint density at radius 1 is 1.00 bits per heavy atom. The first-order valence-corrected chi connectivity index (χ1v) is 11.9. The number of carbonyl (C=O) groups excluding carboxylic acids is 2. The molecule has 2 heterocycles. The van der Waals surface area contributed by atoms with Gasteiger partial charge in [0.1, 0.15) is 30.3 Å². The van der Waals surface area contributed by atoms with E-state index in [4.69, 9.17) is 0 Å². The summed E-state index contributed by atoms with van der Waals surface area (Å²) in [5, 5.41) is 49.8. The van der Waals surface area contributed by atoms with Crippen LogP contribution >= 0.6 is 0 Å². The molecule has 0 fully saturated rings. The highest BCUT2D eigenvalue weighted by Gasteiger charge is 2.33. The molecule has 36 heavy (non-hydrogen) atoms. The molecule has 0 bridgehead atoms. The number of aromatic nitrogens is 3. The third kappa shape index (κ3) is 4.93. The van der Waals surface area contributed by atoms with E-state index in [-0.39, 0.29) is 38.3 Å². The number of anilines is 1. The molecule has 1 amide bonds. The van der Waals surface area contributed by atoms with Crippen molar-refractivity contribution >= 4 is 17.9 Å². The fraction of sp³-hybridized carbons (Fsp3) is 0.385. The normalized spacial score (nSPS) is 16.0. The van der Waals surface area contributed by atoms with Gasteiger partial charge in [0.15, 0.2) is 0 Å². The summed E-state index contributed by atoms with van der Waals surface area (Å²) in [6.07, 6.45) is -4.58. The van der Waals surface area contributed by atoms with Gasteiger partial charge in [0.05, 0.1) is 30.6 Å². The van der Waals surface area contributed by atoms with Gasteiger partial charge in [-0.2, -0.15) is 0 Å². The van der Waals surface area contributed by atoms with Gasteiger partial charge in [-0.15, -0.1) is 5.10 Å². The summed E-state index contributed by atoms with van der Waals surface area (Å²) < 4.78 is 1.47. The standard InChI is InChI=1S/C26H30N4O6/c1-2-20(32)25(35)26(36)21(33)15-30-24-17-9-4-3-8-16(17)14-29(22(34)12-7-13-31)19-11-6-5-10-18(19)23(24)27-28-30/h3-6,8-11,13,20-21,25-26,32-33,35-36H,2,7,12,14-15H2,1H3. The zero-order valence-electron chi connectivity index (χ0n) is 19.9. The van der Waals surface area contributed by atoms with Crippen LogP contribution in [-0.2, 0) is 22.7 Å². The molecule has 0 aliphatic carbocycles. The fourth-order valence-electron chi connectivity index (χ4n) is 4.46. The van der Waals surface area contributed by atoms with E-state index < -0.39 is 24.4 Å². The Balaban J connectivity index is 1.80. The lowest BCUT2D eigenvalue weighted by molar-refractivity contribution is -0.120. The van der Waals surface area contributed by atoms with Crippen LogP contribution in [0.15, 0.2) is 48.5 Å². The summed E-state index contributed by atoms with van der Waals surface area (Å²) in [4.78, 5) is 25.6. The maximum Gasteiger partial charge on any atom is 0.227 e. The molecule has 0 radical (unpaired) electrons. The van der Waals surface area contributed by atoms with Crippen LogP contribution in [0.3, 0.4) is 0 Å². The lowest BCUT2D eigenvalue weighted by atomic mass is 9.95. The fourth-order valence-corrected chi connectivity index (χ4v) is 4.46. The number of benzene rings is 2. The quantitative estimate of drug-likeness (QED) is 0.325. The van der Waals surface area contributed by atoms with Crippen LogP contribution in [0, 0.1) is 0 Å². The molecule has 190 valence electrons. The van der Waals surface area contributed by atoms with E-state index in [9.17, 15) is 30.0 Å². The molecule has 0 saturated heterocycles. The minimum absolute atomic E-state index is 0.0789. The van der Waals surface area contributed by atoms with Gasteiger partial charge in [0, 0.05) is 24.0 Å². The zero-order chi connectivity index (χ0) is 25.8. The summed E-state index contributed by atoms with van der Waals surface area (Å²) in [6, 6.07) is 14.7.